The van der Waals surface area contributed by atoms with Crippen LogP contribution in [0.3, 0.4) is 0 Å². The number of nitriles is 3. The second kappa shape index (κ2) is 13.2. The van der Waals surface area contributed by atoms with E-state index in [1.165, 1.54) is 24.3 Å². The number of nitrogens with zero attached hydrogens (tertiary/aromatic N) is 3. The van der Waals surface area contributed by atoms with Crippen molar-refractivity contribution in [3.05, 3.63) is 24.3 Å². The highest BCUT2D eigenvalue weighted by molar-refractivity contribution is 7.78. The van der Waals surface area contributed by atoms with Crippen LogP contribution < -0.4 is 10.6 Å². The van der Waals surface area contributed by atoms with Crippen LogP contribution in [0.25, 0.3) is 0 Å². The van der Waals surface area contributed by atoms with Crippen LogP contribution in [0.1, 0.15) is 19.3 Å². The highest BCUT2D eigenvalue weighted by Gasteiger charge is 2.39. The molecule has 0 radical (unpaired) electrons. The lowest BCUT2D eigenvalue weighted by Crippen LogP contribution is -2.14. The van der Waals surface area contributed by atoms with Crippen molar-refractivity contribution in [1.82, 2.24) is 0 Å². The van der Waals surface area contributed by atoms with E-state index in [1.54, 1.807) is 0 Å². The number of carbonyl (C=O) groups excluding carboxylic acids is 1. The zero-order valence-electron chi connectivity index (χ0n) is 15.8. The molecule has 1 amide bonds. The Hall–Kier alpha value is -2.21. The summed E-state index contributed by atoms with van der Waals surface area (Å²) in [4.78, 5) is 10.9. The Balaban J connectivity index is 3.18. The van der Waals surface area contributed by atoms with E-state index in [-0.39, 0.29) is 44.4 Å². The first-order valence-corrected chi connectivity index (χ1v) is 12.5. The zero-order valence-corrected chi connectivity index (χ0v) is 18.4. The fourth-order valence-corrected chi connectivity index (χ4v) is 7.65. The Morgan fingerprint density at radius 1 is 0.900 bits per heavy atom. The van der Waals surface area contributed by atoms with Crippen LogP contribution in [-0.4, -0.2) is 31.1 Å². The molecule has 0 heterocycles. The van der Waals surface area contributed by atoms with E-state index in [0.29, 0.717) is 5.69 Å². The Labute approximate surface area is 179 Å². The lowest BCUT2D eigenvalue weighted by Gasteiger charge is -2.24. The average molecular weight is 473 g/mol. The molecule has 0 aromatic heterocycles. The van der Waals surface area contributed by atoms with Crippen molar-refractivity contribution < 1.29 is 27.5 Å². The summed E-state index contributed by atoms with van der Waals surface area (Å²) in [6.07, 6.45) is -0.199. The summed E-state index contributed by atoms with van der Waals surface area (Å²) in [7, 11) is -7.86. The number of carbonyl (C=O) groups is 1. The van der Waals surface area contributed by atoms with Gasteiger partial charge in [-0.25, -0.2) is 0 Å². The topological polar surface area (TPSA) is 162 Å². The van der Waals surface area contributed by atoms with E-state index < -0.39 is 26.2 Å². The average Bonchev–Trinajstić information content (AvgIpc) is 2.68. The largest absolute Gasteiger partial charge is 0.340 e. The highest BCUT2D eigenvalue weighted by Crippen LogP contribution is 2.63. The van der Waals surface area contributed by atoms with Crippen LogP contribution in [0, 0.1) is 34.0 Å². The van der Waals surface area contributed by atoms with Crippen molar-refractivity contribution in [3.63, 3.8) is 0 Å². The van der Waals surface area contributed by atoms with Crippen molar-refractivity contribution in [2.24, 2.45) is 0 Å². The molecule has 1 rings (SSSR count). The molecule has 0 aliphatic carbocycles. The molecule has 1 unspecified atom stereocenters. The van der Waals surface area contributed by atoms with Gasteiger partial charge in [0.15, 0.2) is 0 Å². The van der Waals surface area contributed by atoms with E-state index in [1.807, 2.05) is 18.2 Å². The Morgan fingerprint density at radius 3 is 1.80 bits per heavy atom. The lowest BCUT2D eigenvalue weighted by atomic mass is 10.3. The number of hydrogen-bond donors (Lipinski definition) is 1. The van der Waals surface area contributed by atoms with Crippen molar-refractivity contribution >= 4 is 42.9 Å². The smallest absolute Gasteiger partial charge is 0.324 e. The van der Waals surface area contributed by atoms with Crippen LogP contribution in [0.5, 0.6) is 0 Å². The van der Waals surface area contributed by atoms with E-state index >= 15 is 0 Å². The van der Waals surface area contributed by atoms with Gasteiger partial charge < -0.3 is 18.9 Å². The van der Waals surface area contributed by atoms with E-state index in [2.05, 4.69) is 5.32 Å². The second-order valence-electron chi connectivity index (χ2n) is 5.60. The zero-order chi connectivity index (χ0) is 22.5. The maximum atomic E-state index is 13.6. The van der Waals surface area contributed by atoms with Gasteiger partial charge in [-0.3, -0.25) is 13.9 Å². The first kappa shape index (κ1) is 25.8. The highest BCUT2D eigenvalue weighted by atomic mass is 35.5. The number of rotatable bonds is 13. The molecule has 1 aromatic carbocycles. The van der Waals surface area contributed by atoms with Crippen molar-refractivity contribution in [3.8, 4) is 18.2 Å². The summed E-state index contributed by atoms with van der Waals surface area (Å²) >= 11 is 5.26. The fourth-order valence-electron chi connectivity index (χ4n) is 2.13. The molecule has 0 bridgehead atoms. The van der Waals surface area contributed by atoms with Crippen LogP contribution in [0.4, 0.5) is 10.5 Å². The molecule has 13 heteroatoms. The number of nitrogens with one attached hydrogen (secondary N) is 1. The molecule has 0 saturated carbocycles. The van der Waals surface area contributed by atoms with Gasteiger partial charge in [-0.05, 0) is 35.9 Å². The second-order valence-corrected chi connectivity index (χ2v) is 10.9. The van der Waals surface area contributed by atoms with Gasteiger partial charge in [-0.1, -0.05) is 0 Å². The number of hydrogen-bond acceptors (Lipinski definition) is 9. The molecular formula is C17H19ClN4O6P2. The number of halogens is 1. The van der Waals surface area contributed by atoms with E-state index in [0.717, 1.165) is 0 Å². The third kappa shape index (κ3) is 9.08. The first-order valence-electron chi connectivity index (χ1n) is 8.58. The maximum absolute atomic E-state index is 13.6. The fraction of sp³-hybridized carbons (Fsp3) is 0.412. The Morgan fingerprint density at radius 2 is 1.37 bits per heavy atom. The minimum absolute atomic E-state index is 0.0563. The SMILES string of the molecule is N#CCCOP(=O)(CP(=O)(OCCC#N)c1ccc(NC(=O)Cl)cc1)OCCC#N. The van der Waals surface area contributed by atoms with Gasteiger partial charge in [-0.15, -0.1) is 0 Å². The summed E-state index contributed by atoms with van der Waals surface area (Å²) in [5.41, 5.74) is 0.334. The van der Waals surface area contributed by atoms with Crippen molar-refractivity contribution in [1.29, 1.82) is 15.8 Å². The third-order valence-corrected chi connectivity index (χ3v) is 9.19. The lowest BCUT2D eigenvalue weighted by molar-refractivity contribution is 0.212. The van der Waals surface area contributed by atoms with Gasteiger partial charge in [0, 0.05) is 11.0 Å². The van der Waals surface area contributed by atoms with Gasteiger partial charge >= 0.3 is 13.0 Å². The molecule has 1 atom stereocenters. The van der Waals surface area contributed by atoms with E-state index in [9.17, 15) is 13.9 Å². The van der Waals surface area contributed by atoms with Crippen LogP contribution in [-0.2, 0) is 22.7 Å². The molecule has 1 N–H and O–H groups in total. The normalized spacial score (nSPS) is 12.7. The first-order chi connectivity index (χ1) is 14.3. The summed E-state index contributed by atoms with van der Waals surface area (Å²) < 4.78 is 42.6. The molecule has 0 spiro atoms. The molecule has 0 aliphatic heterocycles. The third-order valence-electron chi connectivity index (χ3n) is 3.38. The number of benzene rings is 1. The van der Waals surface area contributed by atoms with Crippen molar-refractivity contribution in [2.45, 2.75) is 19.3 Å². The molecule has 0 fully saturated rings. The number of amides is 1. The summed E-state index contributed by atoms with van der Waals surface area (Å²) in [5, 5.41) is 27.8. The van der Waals surface area contributed by atoms with Gasteiger partial charge in [0.05, 0.1) is 57.3 Å². The Bertz CT molecular complexity index is 912. The summed E-state index contributed by atoms with van der Waals surface area (Å²) in [6, 6.07) is 11.2. The van der Waals surface area contributed by atoms with Crippen LogP contribution in [0.2, 0.25) is 0 Å². The minimum atomic E-state index is -4.01. The summed E-state index contributed by atoms with van der Waals surface area (Å²) in [6.45, 7) is -0.636. The van der Waals surface area contributed by atoms with Gasteiger partial charge in [0.25, 0.3) is 0 Å². The van der Waals surface area contributed by atoms with E-state index in [4.69, 9.17) is 41.0 Å². The monoisotopic (exact) mass is 472 g/mol. The molecular weight excluding hydrogens is 454 g/mol. The predicted molar refractivity (Wildman–Crippen MR) is 110 cm³/mol. The van der Waals surface area contributed by atoms with Crippen LogP contribution >= 0.6 is 26.6 Å². The maximum Gasteiger partial charge on any atom is 0.340 e. The molecule has 0 aliphatic rings. The Kier molecular flexibility index (Phi) is 11.3. The molecule has 160 valence electrons. The minimum Gasteiger partial charge on any atom is -0.324 e. The van der Waals surface area contributed by atoms with Crippen LogP contribution in [0.15, 0.2) is 24.3 Å². The van der Waals surface area contributed by atoms with Gasteiger partial charge in [0.2, 0.25) is 7.37 Å². The molecule has 1 aromatic rings. The standard InChI is InChI=1S/C17H19ClN4O6P2/c18-17(23)22-15-4-6-16(7-5-15)29(24,26-11-1-8-19)14-30(25,27-12-2-9-20)28-13-3-10-21/h4-7H,1-3,11-14H2,(H,22,23). The molecule has 30 heavy (non-hydrogen) atoms. The van der Waals surface area contributed by atoms with Gasteiger partial charge in [0.1, 0.15) is 5.90 Å². The molecule has 10 nitrogen and oxygen atoms in total. The number of anilines is 1. The molecule has 0 saturated heterocycles. The van der Waals surface area contributed by atoms with Gasteiger partial charge in [-0.2, -0.15) is 15.8 Å². The quantitative estimate of drug-likeness (QED) is 0.191. The summed E-state index contributed by atoms with van der Waals surface area (Å²) in [5.74, 6) is -0.649. The van der Waals surface area contributed by atoms with Crippen molar-refractivity contribution in [2.75, 3.05) is 31.0 Å². The predicted octanol–water partition coefficient (Wildman–Crippen LogP) is 4.30.